The van der Waals surface area contributed by atoms with Crippen LogP contribution in [0.5, 0.6) is 0 Å². The summed E-state index contributed by atoms with van der Waals surface area (Å²) in [6.45, 7) is 7.18. The van der Waals surface area contributed by atoms with Crippen LogP contribution in [0.1, 0.15) is 83.6 Å². The van der Waals surface area contributed by atoms with Crippen LogP contribution in [0.3, 0.4) is 0 Å². The number of nitrogen functional groups attached to an aromatic ring is 1. The van der Waals surface area contributed by atoms with E-state index in [9.17, 15) is 14.4 Å². The van der Waals surface area contributed by atoms with E-state index in [1.165, 1.54) is 0 Å². The van der Waals surface area contributed by atoms with Crippen LogP contribution in [0, 0.1) is 11.8 Å². The summed E-state index contributed by atoms with van der Waals surface area (Å²) >= 11 is 12.4. The van der Waals surface area contributed by atoms with Crippen molar-refractivity contribution >= 4 is 46.7 Å². The number of nitrogens with zero attached hydrogens (tertiary/aromatic N) is 1. The van der Waals surface area contributed by atoms with Crippen LogP contribution >= 0.6 is 23.2 Å². The Hall–Kier alpha value is -2.19. The highest BCUT2D eigenvalue weighted by molar-refractivity contribution is 6.35. The maximum atomic E-state index is 13.1. The number of nitrogens with one attached hydrogen (secondary N) is 1. The van der Waals surface area contributed by atoms with Crippen molar-refractivity contribution in [1.82, 2.24) is 10.2 Å². The molecule has 2 aliphatic heterocycles. The molecular formula is C38H59Cl2N3O9. The number of nitrogens with two attached hydrogens (primary N) is 1. The third kappa shape index (κ3) is 12.7. The number of hydrogen-bond donors (Lipinski definition) is 2. The third-order valence-electron chi connectivity index (χ3n) is 10.7. The zero-order valence-corrected chi connectivity index (χ0v) is 32.8. The quantitative estimate of drug-likeness (QED) is 0.186. The number of halogens is 2. The largest absolute Gasteiger partial charge is 0.466 e. The van der Waals surface area contributed by atoms with Gasteiger partial charge in [0.2, 0.25) is 5.91 Å². The summed E-state index contributed by atoms with van der Waals surface area (Å²) < 4.78 is 33.2. The molecule has 14 heteroatoms. The lowest BCUT2D eigenvalue weighted by atomic mass is 9.87. The van der Waals surface area contributed by atoms with Crippen LogP contribution < -0.4 is 11.1 Å². The molecule has 0 spiro atoms. The number of benzene rings is 1. The predicted molar refractivity (Wildman–Crippen MR) is 199 cm³/mol. The Morgan fingerprint density at radius 2 is 1.33 bits per heavy atom. The molecule has 3 N–H and O–H groups in total. The fraction of sp³-hybridized carbons (Fsp3) is 0.763. The molecule has 0 bridgehead atoms. The van der Waals surface area contributed by atoms with Gasteiger partial charge in [-0.3, -0.25) is 14.4 Å². The van der Waals surface area contributed by atoms with E-state index in [2.05, 4.69) is 5.32 Å². The van der Waals surface area contributed by atoms with Gasteiger partial charge >= 0.3 is 11.9 Å². The molecule has 0 radical (unpaired) electrons. The number of amides is 1. The zero-order valence-electron chi connectivity index (χ0n) is 31.2. The van der Waals surface area contributed by atoms with Gasteiger partial charge in [-0.05, 0) is 95.8 Å². The first kappa shape index (κ1) is 42.6. The van der Waals surface area contributed by atoms with E-state index in [1.54, 1.807) is 26.4 Å². The highest BCUT2D eigenvalue weighted by atomic mass is 35.5. The maximum Gasteiger partial charge on any atom is 0.308 e. The summed E-state index contributed by atoms with van der Waals surface area (Å²) in [4.78, 5) is 38.5. The fourth-order valence-corrected chi connectivity index (χ4v) is 7.98. The molecule has 4 atom stereocenters. The average Bonchev–Trinajstić information content (AvgIpc) is 3.80. The molecule has 2 saturated heterocycles. The van der Waals surface area contributed by atoms with Gasteiger partial charge in [-0.1, -0.05) is 23.2 Å². The number of esters is 2. The predicted octanol–water partition coefficient (Wildman–Crippen LogP) is 5.37. The summed E-state index contributed by atoms with van der Waals surface area (Å²) in [5, 5.41) is 4.22. The molecule has 12 nitrogen and oxygen atoms in total. The summed E-state index contributed by atoms with van der Waals surface area (Å²) in [5.74, 6) is -0.146. The molecule has 2 saturated carbocycles. The minimum Gasteiger partial charge on any atom is -0.466 e. The molecule has 2 aliphatic carbocycles. The van der Waals surface area contributed by atoms with Gasteiger partial charge in [0.15, 0.2) is 0 Å². The van der Waals surface area contributed by atoms with E-state index in [-0.39, 0.29) is 54.4 Å². The van der Waals surface area contributed by atoms with Crippen molar-refractivity contribution < 1.29 is 42.8 Å². The number of ether oxygens (including phenoxy) is 6. The molecule has 0 aromatic heterocycles. The van der Waals surface area contributed by atoms with Crippen LogP contribution in [-0.4, -0.2) is 113 Å². The molecule has 294 valence electrons. The molecule has 52 heavy (non-hydrogen) atoms. The molecule has 1 aromatic rings. The standard InChI is InChI=1S/C23H32Cl2N2O5.C15H27NO4/c1-3-31-23(29)14-4-6-17(7-5-14)32-13-16-10-18(30-2)12-27(16)22(28)9-15-8-20(25)21(26)11-19(15)24;1-3-19-15(17)11-4-6-13(7-5-11)20-10-12-8-14(18-2)9-16-12/h8,11,14,16-18H,3-7,9-10,12-13,26H2,1-2H3;11-14,16H,3-10H2,1-2H3/t14?,16-,17?,18-;11?,12-,13?,14-/m00/s1. The SMILES string of the molecule is CCOC(=O)C1CCC(OC[C@@H]2C[C@H](OC)CN2)CC1.CCOC(=O)C1CCC(OC[C@@H]2C[C@H](OC)CN2C(=O)Cc2cc(Cl)c(N)cc2Cl)CC1. The number of hydrogen-bond acceptors (Lipinski definition) is 11. The number of likely N-dealkylation sites (tertiary alicyclic amines) is 1. The normalized spacial score (nSPS) is 28.9. The minimum absolute atomic E-state index is 0.0300. The Morgan fingerprint density at radius 3 is 1.85 bits per heavy atom. The molecular weight excluding hydrogens is 713 g/mol. The maximum absolute atomic E-state index is 13.1. The van der Waals surface area contributed by atoms with Gasteiger partial charge in [0.1, 0.15) is 0 Å². The zero-order chi connectivity index (χ0) is 37.6. The van der Waals surface area contributed by atoms with Crippen molar-refractivity contribution in [3.63, 3.8) is 0 Å². The lowest BCUT2D eigenvalue weighted by Crippen LogP contribution is -2.40. The summed E-state index contributed by atoms with van der Waals surface area (Å²) in [5.41, 5.74) is 6.81. The summed E-state index contributed by atoms with van der Waals surface area (Å²) in [7, 11) is 3.41. The van der Waals surface area contributed by atoms with E-state index in [0.717, 1.165) is 77.4 Å². The van der Waals surface area contributed by atoms with Crippen molar-refractivity contribution in [2.75, 3.05) is 59.5 Å². The Labute approximate surface area is 319 Å². The second-order valence-electron chi connectivity index (χ2n) is 14.3. The van der Waals surface area contributed by atoms with Crippen LogP contribution in [0.2, 0.25) is 10.0 Å². The smallest absolute Gasteiger partial charge is 0.308 e. The molecule has 1 amide bonds. The topological polar surface area (TPSA) is 148 Å². The van der Waals surface area contributed by atoms with Crippen LogP contribution in [-0.2, 0) is 49.2 Å². The van der Waals surface area contributed by atoms with Crippen LogP contribution in [0.15, 0.2) is 12.1 Å². The van der Waals surface area contributed by atoms with E-state index >= 15 is 0 Å². The second-order valence-corrected chi connectivity index (χ2v) is 15.1. The lowest BCUT2D eigenvalue weighted by Gasteiger charge is -2.30. The number of carbonyl (C=O) groups is 3. The van der Waals surface area contributed by atoms with E-state index < -0.39 is 0 Å². The Morgan fingerprint density at radius 1 is 0.769 bits per heavy atom. The molecule has 4 aliphatic rings. The molecule has 0 unspecified atom stereocenters. The Balaban J connectivity index is 0.000000259. The van der Waals surface area contributed by atoms with Gasteiger partial charge in [-0.2, -0.15) is 0 Å². The van der Waals surface area contributed by atoms with Gasteiger partial charge < -0.3 is 44.4 Å². The second kappa shape index (κ2) is 21.6. The third-order valence-corrected chi connectivity index (χ3v) is 11.4. The van der Waals surface area contributed by atoms with Crippen molar-refractivity contribution in [2.45, 2.75) is 121 Å². The fourth-order valence-electron chi connectivity index (χ4n) is 7.55. The van der Waals surface area contributed by atoms with Crippen molar-refractivity contribution in [2.24, 2.45) is 11.8 Å². The van der Waals surface area contributed by atoms with Crippen LogP contribution in [0.4, 0.5) is 5.69 Å². The van der Waals surface area contributed by atoms with Crippen molar-refractivity contribution in [1.29, 1.82) is 0 Å². The monoisotopic (exact) mass is 771 g/mol. The molecule has 5 rings (SSSR count). The molecule has 4 fully saturated rings. The lowest BCUT2D eigenvalue weighted by molar-refractivity contribution is -0.151. The Bertz CT molecular complexity index is 1290. The van der Waals surface area contributed by atoms with Gasteiger partial charge in [0.05, 0.1) is 85.9 Å². The minimum atomic E-state index is -0.108. The molecule has 2 heterocycles. The Kier molecular flexibility index (Phi) is 17.7. The first-order valence-corrected chi connectivity index (χ1v) is 19.7. The van der Waals surface area contributed by atoms with E-state index in [1.807, 2.05) is 18.7 Å². The number of anilines is 1. The van der Waals surface area contributed by atoms with E-state index in [4.69, 9.17) is 57.4 Å². The number of carbonyl (C=O) groups excluding carboxylic acids is 3. The summed E-state index contributed by atoms with van der Waals surface area (Å²) in [6, 6.07) is 3.55. The van der Waals surface area contributed by atoms with E-state index in [0.29, 0.717) is 65.9 Å². The first-order chi connectivity index (χ1) is 25.0. The van der Waals surface area contributed by atoms with Crippen molar-refractivity contribution in [3.8, 4) is 0 Å². The van der Waals surface area contributed by atoms with Crippen molar-refractivity contribution in [3.05, 3.63) is 27.7 Å². The van der Waals surface area contributed by atoms with Gasteiger partial charge in [0, 0.05) is 38.4 Å². The highest BCUT2D eigenvalue weighted by Crippen LogP contribution is 2.31. The average molecular weight is 773 g/mol. The van der Waals surface area contributed by atoms with Gasteiger partial charge in [-0.15, -0.1) is 0 Å². The number of methoxy groups -OCH3 is 2. The number of rotatable bonds is 14. The van der Waals surface area contributed by atoms with Gasteiger partial charge in [-0.25, -0.2) is 0 Å². The summed E-state index contributed by atoms with van der Waals surface area (Å²) in [6.07, 6.45) is 9.44. The molecule has 1 aromatic carbocycles. The highest BCUT2D eigenvalue weighted by Gasteiger charge is 2.37. The van der Waals surface area contributed by atoms with Gasteiger partial charge in [0.25, 0.3) is 0 Å². The van der Waals surface area contributed by atoms with Crippen LogP contribution in [0.25, 0.3) is 0 Å². The first-order valence-electron chi connectivity index (χ1n) is 18.9.